The van der Waals surface area contributed by atoms with E-state index in [0.717, 1.165) is 35.1 Å². The summed E-state index contributed by atoms with van der Waals surface area (Å²) in [5.74, 6) is 0.777. The molecule has 0 atom stereocenters. The zero-order chi connectivity index (χ0) is 16.9. The molecule has 0 bridgehead atoms. The third-order valence-corrected chi connectivity index (χ3v) is 4.40. The van der Waals surface area contributed by atoms with Gasteiger partial charge in [0.15, 0.2) is 5.15 Å². The van der Waals surface area contributed by atoms with Crippen LogP contribution in [0.4, 0.5) is 0 Å². The molecule has 6 heteroatoms. The van der Waals surface area contributed by atoms with Crippen molar-refractivity contribution >= 4 is 33.5 Å². The van der Waals surface area contributed by atoms with Crippen LogP contribution < -0.4 is 0 Å². The molecule has 1 aromatic carbocycles. The van der Waals surface area contributed by atoms with Crippen LogP contribution in [0.2, 0.25) is 5.15 Å². The lowest BCUT2D eigenvalue weighted by molar-refractivity contribution is 0.0562. The van der Waals surface area contributed by atoms with E-state index in [4.69, 9.17) is 16.3 Å². The van der Waals surface area contributed by atoms with Gasteiger partial charge in [0.2, 0.25) is 0 Å². The maximum absolute atomic E-state index is 10.4. The van der Waals surface area contributed by atoms with Crippen LogP contribution in [-0.4, -0.2) is 31.3 Å². The van der Waals surface area contributed by atoms with Crippen molar-refractivity contribution in [3.05, 3.63) is 35.2 Å². The molecule has 1 saturated carbocycles. The van der Waals surface area contributed by atoms with Crippen molar-refractivity contribution in [3.63, 3.8) is 0 Å². The lowest BCUT2D eigenvalue weighted by Gasteiger charge is -2.20. The van der Waals surface area contributed by atoms with Crippen molar-refractivity contribution in [2.45, 2.75) is 51.5 Å². The van der Waals surface area contributed by atoms with Gasteiger partial charge in [-0.15, -0.1) is 0 Å². The molecule has 24 heavy (non-hydrogen) atoms. The fourth-order valence-electron chi connectivity index (χ4n) is 2.94. The minimum Gasteiger partial charge on any atom is -0.389 e. The fraction of sp³-hybridized carbons (Fsp3) is 0.444. The summed E-state index contributed by atoms with van der Waals surface area (Å²) >= 11 is 6.38. The zero-order valence-electron chi connectivity index (χ0n) is 13.8. The number of imidazole rings is 1. The number of benzene rings is 1. The summed E-state index contributed by atoms with van der Waals surface area (Å²) in [6.45, 7) is 4.40. The lowest BCUT2D eigenvalue weighted by Crippen LogP contribution is -2.27. The zero-order valence-corrected chi connectivity index (χ0v) is 14.5. The summed E-state index contributed by atoms with van der Waals surface area (Å²) in [5, 5.41) is 11.7. The molecular weight excluding hydrogens is 326 g/mol. The van der Waals surface area contributed by atoms with E-state index < -0.39 is 5.60 Å². The SMILES string of the molecule is CC(C)(O)Cn1c(COC2CC2)nc2c(Cl)nc3ccccc3c21. The van der Waals surface area contributed by atoms with Gasteiger partial charge in [-0.3, -0.25) is 0 Å². The standard InChI is InChI=1S/C18H20ClN3O2/c1-18(2,23)10-22-14(9-24-11-7-8-11)21-15-16(22)12-5-3-4-6-13(12)20-17(15)19/h3-6,11,23H,7-10H2,1-2H3. The second-order valence-corrected chi connectivity index (χ2v) is 7.41. The van der Waals surface area contributed by atoms with Crippen molar-refractivity contribution in [2.75, 3.05) is 0 Å². The second-order valence-electron chi connectivity index (χ2n) is 7.05. The summed E-state index contributed by atoms with van der Waals surface area (Å²) in [5.41, 5.74) is 1.51. The molecule has 5 nitrogen and oxygen atoms in total. The number of ether oxygens (including phenoxy) is 1. The minimum atomic E-state index is -0.876. The highest BCUT2D eigenvalue weighted by Crippen LogP contribution is 2.32. The van der Waals surface area contributed by atoms with E-state index in [1.54, 1.807) is 13.8 Å². The van der Waals surface area contributed by atoms with Crippen LogP contribution in [0.5, 0.6) is 0 Å². The van der Waals surface area contributed by atoms with Crippen molar-refractivity contribution in [2.24, 2.45) is 0 Å². The molecule has 1 aliphatic rings. The summed E-state index contributed by atoms with van der Waals surface area (Å²) in [4.78, 5) is 9.13. The van der Waals surface area contributed by atoms with Gasteiger partial charge in [0, 0.05) is 5.39 Å². The number of hydrogen-bond donors (Lipinski definition) is 1. The highest BCUT2D eigenvalue weighted by molar-refractivity contribution is 6.35. The van der Waals surface area contributed by atoms with Gasteiger partial charge in [-0.05, 0) is 32.8 Å². The first kappa shape index (κ1) is 15.8. The molecule has 0 unspecified atom stereocenters. The fourth-order valence-corrected chi connectivity index (χ4v) is 3.16. The number of fused-ring (bicyclic) bond motifs is 3. The van der Waals surface area contributed by atoms with E-state index in [2.05, 4.69) is 9.97 Å². The molecule has 2 aromatic heterocycles. The molecule has 1 N–H and O–H groups in total. The summed E-state index contributed by atoms with van der Waals surface area (Å²) < 4.78 is 7.87. The van der Waals surface area contributed by atoms with Crippen molar-refractivity contribution in [1.82, 2.24) is 14.5 Å². The number of aromatic nitrogens is 3. The van der Waals surface area contributed by atoms with Gasteiger partial charge in [0.05, 0.1) is 29.3 Å². The molecule has 0 spiro atoms. The number of nitrogens with zero attached hydrogens (tertiary/aromatic N) is 3. The van der Waals surface area contributed by atoms with E-state index >= 15 is 0 Å². The Bertz CT molecular complexity index is 910. The Morgan fingerprint density at radius 2 is 2.04 bits per heavy atom. The largest absolute Gasteiger partial charge is 0.389 e. The van der Waals surface area contributed by atoms with Gasteiger partial charge in [-0.2, -0.15) is 0 Å². The first-order chi connectivity index (χ1) is 11.4. The van der Waals surface area contributed by atoms with Gasteiger partial charge in [0.1, 0.15) is 17.9 Å². The molecule has 0 saturated heterocycles. The van der Waals surface area contributed by atoms with Gasteiger partial charge in [-0.1, -0.05) is 29.8 Å². The molecule has 4 rings (SSSR count). The van der Waals surface area contributed by atoms with Gasteiger partial charge >= 0.3 is 0 Å². The maximum atomic E-state index is 10.4. The quantitative estimate of drug-likeness (QED) is 0.716. The van der Waals surface area contributed by atoms with Crippen LogP contribution in [-0.2, 0) is 17.9 Å². The highest BCUT2D eigenvalue weighted by atomic mass is 35.5. The Balaban J connectivity index is 1.94. The average molecular weight is 346 g/mol. The highest BCUT2D eigenvalue weighted by Gasteiger charge is 2.26. The molecule has 0 amide bonds. The maximum Gasteiger partial charge on any atom is 0.157 e. The van der Waals surface area contributed by atoms with Crippen LogP contribution in [0, 0.1) is 0 Å². The first-order valence-electron chi connectivity index (χ1n) is 8.20. The van der Waals surface area contributed by atoms with E-state index in [1.165, 1.54) is 0 Å². The molecule has 1 aliphatic carbocycles. The average Bonchev–Trinajstić information content (AvgIpc) is 3.27. The smallest absolute Gasteiger partial charge is 0.157 e. The Hall–Kier alpha value is -1.69. The van der Waals surface area contributed by atoms with Crippen LogP contribution in [0.25, 0.3) is 21.9 Å². The Morgan fingerprint density at radius 3 is 2.75 bits per heavy atom. The third-order valence-electron chi connectivity index (χ3n) is 4.14. The van der Waals surface area contributed by atoms with E-state index in [-0.39, 0.29) is 0 Å². The predicted octanol–water partition coefficient (Wildman–Crippen LogP) is 3.69. The van der Waals surface area contributed by atoms with E-state index in [9.17, 15) is 5.11 Å². The molecule has 2 heterocycles. The number of aliphatic hydroxyl groups is 1. The van der Waals surface area contributed by atoms with Crippen LogP contribution in [0.15, 0.2) is 24.3 Å². The summed E-state index contributed by atoms with van der Waals surface area (Å²) in [6, 6.07) is 7.85. The second kappa shape index (κ2) is 5.69. The van der Waals surface area contributed by atoms with Crippen LogP contribution >= 0.6 is 11.6 Å². The first-order valence-corrected chi connectivity index (χ1v) is 8.57. The molecule has 0 aliphatic heterocycles. The van der Waals surface area contributed by atoms with Crippen molar-refractivity contribution in [3.8, 4) is 0 Å². The lowest BCUT2D eigenvalue weighted by atomic mass is 10.1. The summed E-state index contributed by atoms with van der Waals surface area (Å²) in [6.07, 6.45) is 2.55. The van der Waals surface area contributed by atoms with Crippen LogP contribution in [0.1, 0.15) is 32.5 Å². The topological polar surface area (TPSA) is 60.2 Å². The Kier molecular flexibility index (Phi) is 3.75. The Labute approximate surface area is 145 Å². The normalized spacial score (nSPS) is 15.5. The van der Waals surface area contributed by atoms with Gasteiger partial charge < -0.3 is 14.4 Å². The van der Waals surface area contributed by atoms with Gasteiger partial charge in [0.25, 0.3) is 0 Å². The molecule has 126 valence electrons. The Morgan fingerprint density at radius 1 is 1.29 bits per heavy atom. The monoisotopic (exact) mass is 345 g/mol. The van der Waals surface area contributed by atoms with E-state index in [1.807, 2.05) is 28.8 Å². The summed E-state index contributed by atoms with van der Waals surface area (Å²) in [7, 11) is 0. The number of halogens is 1. The number of pyridine rings is 1. The van der Waals surface area contributed by atoms with Crippen LogP contribution in [0.3, 0.4) is 0 Å². The van der Waals surface area contributed by atoms with E-state index in [0.29, 0.717) is 29.9 Å². The predicted molar refractivity (Wildman–Crippen MR) is 94.2 cm³/mol. The third kappa shape index (κ3) is 2.99. The molecule has 1 fully saturated rings. The number of para-hydroxylation sites is 1. The van der Waals surface area contributed by atoms with Gasteiger partial charge in [-0.25, -0.2) is 9.97 Å². The van der Waals surface area contributed by atoms with Crippen molar-refractivity contribution in [1.29, 1.82) is 0 Å². The molecular formula is C18H20ClN3O2. The molecule has 0 radical (unpaired) electrons. The molecule has 3 aromatic rings. The number of rotatable bonds is 5. The van der Waals surface area contributed by atoms with Crippen molar-refractivity contribution < 1.29 is 9.84 Å². The minimum absolute atomic E-state index is 0.339. The number of hydrogen-bond acceptors (Lipinski definition) is 4.